The van der Waals surface area contributed by atoms with Crippen molar-refractivity contribution in [2.24, 2.45) is 0 Å². The number of hydrogen-bond donors (Lipinski definition) is 1. The second-order valence-corrected chi connectivity index (χ2v) is 7.94. The number of hydrogen-bond acceptors (Lipinski definition) is 5. The van der Waals surface area contributed by atoms with Gasteiger partial charge in [-0.05, 0) is 60.7 Å². The quantitative estimate of drug-likeness (QED) is 0.555. The van der Waals surface area contributed by atoms with E-state index in [2.05, 4.69) is 0 Å². The first-order valence-electron chi connectivity index (χ1n) is 9.65. The number of aliphatic hydroxyl groups is 1. The van der Waals surface area contributed by atoms with Gasteiger partial charge in [0, 0.05) is 5.69 Å². The van der Waals surface area contributed by atoms with Gasteiger partial charge in [0.2, 0.25) is 5.78 Å². The minimum atomic E-state index is -0.732. The number of ketones is 1. The number of rotatable bonds is 6. The van der Waals surface area contributed by atoms with Crippen LogP contribution >= 0.6 is 11.3 Å². The van der Waals surface area contributed by atoms with E-state index in [0.29, 0.717) is 22.9 Å². The van der Waals surface area contributed by atoms with E-state index in [4.69, 9.17) is 4.74 Å². The molecule has 1 aliphatic rings. The number of anilines is 1. The third-order valence-corrected chi connectivity index (χ3v) is 5.85. The van der Waals surface area contributed by atoms with Crippen LogP contribution in [-0.4, -0.2) is 23.4 Å². The number of carbonyl (C=O) groups excluding carboxylic acids is 2. The molecule has 2 aromatic carbocycles. The lowest BCUT2D eigenvalue weighted by Gasteiger charge is -2.27. The molecule has 0 saturated carbocycles. The Kier molecular flexibility index (Phi) is 5.42. The first-order valence-corrected chi connectivity index (χ1v) is 10.5. The number of thiophene rings is 1. The number of Topliss-reactive ketones (excluding diaryl/α,β-unsaturated/α-hetero) is 1. The maximum absolute atomic E-state index is 13.2. The Hall–Kier alpha value is -3.38. The molecule has 2 heterocycles. The molecule has 0 bridgehead atoms. The molecule has 5 nitrogen and oxygen atoms in total. The van der Waals surface area contributed by atoms with Crippen LogP contribution in [0, 0.1) is 6.92 Å². The zero-order chi connectivity index (χ0) is 21.3. The molecule has 0 aliphatic carbocycles. The number of carbonyl (C=O) groups is 2. The van der Waals surface area contributed by atoms with E-state index in [0.717, 1.165) is 11.1 Å². The van der Waals surface area contributed by atoms with Gasteiger partial charge in [-0.25, -0.2) is 0 Å². The predicted molar refractivity (Wildman–Crippen MR) is 117 cm³/mol. The van der Waals surface area contributed by atoms with E-state index in [1.54, 1.807) is 35.7 Å². The number of nitrogens with zero attached hydrogens (tertiary/aromatic N) is 1. The molecule has 152 valence electrons. The lowest BCUT2D eigenvalue weighted by atomic mass is 9.95. The third-order valence-electron chi connectivity index (χ3n) is 4.98. The normalized spacial score (nSPS) is 16.3. The summed E-state index contributed by atoms with van der Waals surface area (Å²) in [6, 6.07) is 17.5. The van der Waals surface area contributed by atoms with Crippen LogP contribution in [0.2, 0.25) is 0 Å². The van der Waals surface area contributed by atoms with E-state index in [1.165, 1.54) is 16.2 Å². The molecule has 0 saturated heterocycles. The van der Waals surface area contributed by atoms with Crippen molar-refractivity contribution in [3.05, 3.63) is 93.4 Å². The number of ether oxygens (including phenoxy) is 1. The van der Waals surface area contributed by atoms with Gasteiger partial charge >= 0.3 is 0 Å². The molecule has 1 aliphatic heterocycles. The molecule has 6 heteroatoms. The maximum Gasteiger partial charge on any atom is 0.294 e. The number of benzene rings is 2. The fraction of sp³-hybridized carbons (Fsp3) is 0.167. The van der Waals surface area contributed by atoms with Gasteiger partial charge in [-0.3, -0.25) is 14.5 Å². The van der Waals surface area contributed by atoms with Gasteiger partial charge in [0.15, 0.2) is 5.76 Å². The topological polar surface area (TPSA) is 66.8 Å². The van der Waals surface area contributed by atoms with E-state index < -0.39 is 17.7 Å². The highest BCUT2D eigenvalue weighted by molar-refractivity contribution is 7.12. The zero-order valence-electron chi connectivity index (χ0n) is 16.7. The van der Waals surface area contributed by atoms with Crippen LogP contribution < -0.4 is 9.64 Å². The van der Waals surface area contributed by atoms with Crippen molar-refractivity contribution in [1.29, 1.82) is 0 Å². The van der Waals surface area contributed by atoms with E-state index in [-0.39, 0.29) is 11.4 Å². The van der Waals surface area contributed by atoms with E-state index in [9.17, 15) is 14.7 Å². The monoisotopic (exact) mass is 419 g/mol. The Morgan fingerprint density at radius 2 is 1.90 bits per heavy atom. The molecule has 1 aromatic heterocycles. The summed E-state index contributed by atoms with van der Waals surface area (Å²) in [4.78, 5) is 28.3. The van der Waals surface area contributed by atoms with Gasteiger partial charge in [0.1, 0.15) is 5.75 Å². The fourth-order valence-corrected chi connectivity index (χ4v) is 4.33. The van der Waals surface area contributed by atoms with Crippen molar-refractivity contribution in [2.75, 3.05) is 11.5 Å². The van der Waals surface area contributed by atoms with Crippen molar-refractivity contribution in [3.8, 4) is 5.75 Å². The summed E-state index contributed by atoms with van der Waals surface area (Å²) in [6.07, 6.45) is 0. The Balaban J connectivity index is 1.85. The van der Waals surface area contributed by atoms with Crippen LogP contribution in [0.3, 0.4) is 0 Å². The Labute approximate surface area is 178 Å². The number of amides is 1. The highest BCUT2D eigenvalue weighted by Gasteiger charge is 2.44. The van der Waals surface area contributed by atoms with Gasteiger partial charge in [-0.1, -0.05) is 30.3 Å². The molecule has 1 amide bonds. The van der Waals surface area contributed by atoms with Crippen LogP contribution in [0.25, 0.3) is 0 Å². The smallest absolute Gasteiger partial charge is 0.294 e. The van der Waals surface area contributed by atoms with Crippen molar-refractivity contribution in [3.63, 3.8) is 0 Å². The van der Waals surface area contributed by atoms with Crippen LogP contribution in [0.1, 0.15) is 33.8 Å². The summed E-state index contributed by atoms with van der Waals surface area (Å²) in [5.41, 5.74) is 2.41. The van der Waals surface area contributed by atoms with Crippen LogP contribution in [0.4, 0.5) is 5.69 Å². The van der Waals surface area contributed by atoms with Crippen molar-refractivity contribution < 1.29 is 19.4 Å². The fourth-order valence-electron chi connectivity index (χ4n) is 3.65. The Morgan fingerprint density at radius 3 is 2.53 bits per heavy atom. The lowest BCUT2D eigenvalue weighted by molar-refractivity contribution is -0.117. The standard InChI is InChI=1S/C24H21NO4S/c1-3-29-18-11-9-16(10-12-18)21-20(22(26)19-8-5-13-30-19)23(27)24(28)25(21)17-7-4-6-15(2)14-17/h4-14,21,27H,3H2,1-2H3. The molecular formula is C24H21NO4S. The van der Waals surface area contributed by atoms with E-state index >= 15 is 0 Å². The molecule has 1 N–H and O–H groups in total. The molecule has 1 atom stereocenters. The lowest BCUT2D eigenvalue weighted by Crippen LogP contribution is -2.31. The highest BCUT2D eigenvalue weighted by atomic mass is 32.1. The molecular weight excluding hydrogens is 398 g/mol. The number of aliphatic hydroxyl groups excluding tert-OH is 1. The van der Waals surface area contributed by atoms with E-state index in [1.807, 2.05) is 44.2 Å². The molecule has 1 unspecified atom stereocenters. The molecule has 0 fully saturated rings. The highest BCUT2D eigenvalue weighted by Crippen LogP contribution is 2.42. The average Bonchev–Trinajstić information content (AvgIpc) is 3.36. The van der Waals surface area contributed by atoms with Gasteiger partial charge in [0.25, 0.3) is 5.91 Å². The first-order chi connectivity index (χ1) is 14.5. The summed E-state index contributed by atoms with van der Waals surface area (Å²) in [5.74, 6) is -0.731. The molecule has 0 radical (unpaired) electrons. The van der Waals surface area contributed by atoms with Crippen molar-refractivity contribution >= 4 is 28.7 Å². The predicted octanol–water partition coefficient (Wildman–Crippen LogP) is 5.24. The minimum Gasteiger partial charge on any atom is -0.503 e. The summed E-state index contributed by atoms with van der Waals surface area (Å²) in [6.45, 7) is 4.38. The summed E-state index contributed by atoms with van der Waals surface area (Å²) in [5, 5.41) is 12.5. The Morgan fingerprint density at radius 1 is 1.13 bits per heavy atom. The second-order valence-electron chi connectivity index (χ2n) is 6.99. The van der Waals surface area contributed by atoms with Crippen LogP contribution in [0.15, 0.2) is 77.4 Å². The average molecular weight is 420 g/mol. The largest absolute Gasteiger partial charge is 0.503 e. The molecule has 30 heavy (non-hydrogen) atoms. The van der Waals surface area contributed by atoms with Crippen LogP contribution in [0.5, 0.6) is 5.75 Å². The second kappa shape index (κ2) is 8.16. The SMILES string of the molecule is CCOc1ccc(C2C(C(=O)c3cccs3)=C(O)C(=O)N2c2cccc(C)c2)cc1. The van der Waals surface area contributed by atoms with Crippen molar-refractivity contribution in [2.45, 2.75) is 19.9 Å². The van der Waals surface area contributed by atoms with Crippen molar-refractivity contribution in [1.82, 2.24) is 0 Å². The zero-order valence-corrected chi connectivity index (χ0v) is 17.5. The molecule has 3 aromatic rings. The third kappa shape index (κ3) is 3.50. The minimum absolute atomic E-state index is 0.0908. The maximum atomic E-state index is 13.2. The molecule has 0 spiro atoms. The molecule has 4 rings (SSSR count). The van der Waals surface area contributed by atoms with Gasteiger partial charge < -0.3 is 9.84 Å². The Bertz CT molecular complexity index is 1120. The number of aryl methyl sites for hydroxylation is 1. The summed E-state index contributed by atoms with van der Waals surface area (Å²) < 4.78 is 5.52. The van der Waals surface area contributed by atoms with Crippen LogP contribution in [-0.2, 0) is 4.79 Å². The summed E-state index contributed by atoms with van der Waals surface area (Å²) in [7, 11) is 0. The summed E-state index contributed by atoms with van der Waals surface area (Å²) >= 11 is 1.28. The van der Waals surface area contributed by atoms with Gasteiger partial charge in [0.05, 0.1) is 23.1 Å². The van der Waals surface area contributed by atoms with Gasteiger partial charge in [-0.15, -0.1) is 11.3 Å². The van der Waals surface area contributed by atoms with Gasteiger partial charge in [-0.2, -0.15) is 0 Å². The first kappa shape index (κ1) is 19.9.